The minimum Gasteiger partial charge on any atom is -0.504 e. The van der Waals surface area contributed by atoms with Crippen LogP contribution in [-0.4, -0.2) is 39.8 Å². The van der Waals surface area contributed by atoms with E-state index >= 15 is 0 Å². The SMILES string of the molecule is COc1cc(/C(C)=N/NC(=O)CSc2nnc(SCc3ccccc3)s2)ccc1O. The smallest absolute Gasteiger partial charge is 0.250 e. The number of nitrogens with zero attached hydrogens (tertiary/aromatic N) is 3. The molecule has 0 saturated carbocycles. The van der Waals surface area contributed by atoms with Gasteiger partial charge >= 0.3 is 0 Å². The summed E-state index contributed by atoms with van der Waals surface area (Å²) in [5.74, 6) is 1.18. The summed E-state index contributed by atoms with van der Waals surface area (Å²) in [7, 11) is 1.48. The number of aromatic nitrogens is 2. The first-order valence-electron chi connectivity index (χ1n) is 8.88. The van der Waals surface area contributed by atoms with Crippen molar-refractivity contribution in [3.8, 4) is 11.5 Å². The van der Waals surface area contributed by atoms with Crippen LogP contribution in [0.5, 0.6) is 11.5 Å². The third kappa shape index (κ3) is 6.48. The molecule has 3 aromatic rings. The third-order valence-corrected chi connectivity index (χ3v) is 7.13. The molecule has 1 aromatic heterocycles. The van der Waals surface area contributed by atoms with Crippen LogP contribution in [0.2, 0.25) is 0 Å². The largest absolute Gasteiger partial charge is 0.504 e. The molecule has 0 atom stereocenters. The first kappa shape index (κ1) is 22.1. The van der Waals surface area contributed by atoms with Gasteiger partial charge in [-0.25, -0.2) is 5.43 Å². The molecule has 0 aliphatic rings. The van der Waals surface area contributed by atoms with Crippen LogP contribution in [-0.2, 0) is 10.5 Å². The number of thioether (sulfide) groups is 2. The maximum absolute atomic E-state index is 12.1. The molecule has 0 bridgehead atoms. The Hall–Kier alpha value is -2.56. The van der Waals surface area contributed by atoms with Gasteiger partial charge in [0.15, 0.2) is 20.2 Å². The van der Waals surface area contributed by atoms with Crippen molar-refractivity contribution in [2.75, 3.05) is 12.9 Å². The van der Waals surface area contributed by atoms with Crippen molar-refractivity contribution in [3.63, 3.8) is 0 Å². The Bertz CT molecular complexity index is 1030. The lowest BCUT2D eigenvalue weighted by molar-refractivity contribution is -0.118. The van der Waals surface area contributed by atoms with Gasteiger partial charge in [-0.3, -0.25) is 4.79 Å². The van der Waals surface area contributed by atoms with Gasteiger partial charge in [-0.05, 0) is 30.7 Å². The van der Waals surface area contributed by atoms with Crippen molar-refractivity contribution in [3.05, 3.63) is 59.7 Å². The molecule has 1 heterocycles. The molecule has 3 rings (SSSR count). The zero-order valence-corrected chi connectivity index (χ0v) is 18.8. The molecule has 156 valence electrons. The standard InChI is InChI=1S/C20H20N4O3S3/c1-13(15-8-9-16(25)17(10-15)27-2)21-22-18(26)12-29-20-24-23-19(30-20)28-11-14-6-4-3-5-7-14/h3-10,25H,11-12H2,1-2H3,(H,22,26)/b21-13+. The Kier molecular flexibility index (Phi) is 8.12. The predicted molar refractivity (Wildman–Crippen MR) is 122 cm³/mol. The molecule has 30 heavy (non-hydrogen) atoms. The highest BCUT2D eigenvalue weighted by atomic mass is 32.2. The fourth-order valence-electron chi connectivity index (χ4n) is 2.31. The van der Waals surface area contributed by atoms with E-state index in [0.717, 1.165) is 20.0 Å². The summed E-state index contributed by atoms with van der Waals surface area (Å²) < 4.78 is 6.70. The van der Waals surface area contributed by atoms with Gasteiger partial charge in [0.1, 0.15) is 0 Å². The first-order chi connectivity index (χ1) is 14.5. The number of benzene rings is 2. The lowest BCUT2D eigenvalue weighted by Crippen LogP contribution is -2.21. The van der Waals surface area contributed by atoms with Crippen LogP contribution in [0.25, 0.3) is 0 Å². The van der Waals surface area contributed by atoms with Gasteiger partial charge in [0.25, 0.3) is 5.91 Å². The molecule has 0 unspecified atom stereocenters. The lowest BCUT2D eigenvalue weighted by atomic mass is 10.1. The predicted octanol–water partition coefficient (Wildman–Crippen LogP) is 4.18. The van der Waals surface area contributed by atoms with E-state index in [1.54, 1.807) is 30.8 Å². The molecule has 0 aliphatic heterocycles. The number of ether oxygens (including phenoxy) is 1. The summed E-state index contributed by atoms with van der Waals surface area (Å²) in [6, 6.07) is 15.0. The van der Waals surface area contributed by atoms with Crippen molar-refractivity contribution in [1.82, 2.24) is 15.6 Å². The number of carbonyl (C=O) groups excluding carboxylic acids is 1. The molecule has 0 saturated heterocycles. The van der Waals surface area contributed by atoms with Crippen LogP contribution < -0.4 is 10.2 Å². The normalized spacial score (nSPS) is 11.3. The Morgan fingerprint density at radius 3 is 2.63 bits per heavy atom. The number of hydrogen-bond donors (Lipinski definition) is 2. The zero-order valence-electron chi connectivity index (χ0n) is 16.4. The summed E-state index contributed by atoms with van der Waals surface area (Å²) in [5.41, 5.74) is 5.10. The van der Waals surface area contributed by atoms with Gasteiger partial charge in [0.05, 0.1) is 18.6 Å². The van der Waals surface area contributed by atoms with Gasteiger partial charge < -0.3 is 9.84 Å². The number of methoxy groups -OCH3 is 1. The van der Waals surface area contributed by atoms with Gasteiger partial charge in [-0.2, -0.15) is 5.10 Å². The summed E-state index contributed by atoms with van der Waals surface area (Å²) >= 11 is 4.42. The quantitative estimate of drug-likeness (QED) is 0.281. The summed E-state index contributed by atoms with van der Waals surface area (Å²) in [6.45, 7) is 1.76. The summed E-state index contributed by atoms with van der Waals surface area (Å²) in [4.78, 5) is 12.1. The molecule has 2 N–H and O–H groups in total. The van der Waals surface area contributed by atoms with Crippen LogP contribution in [0.4, 0.5) is 0 Å². The minimum atomic E-state index is -0.237. The van der Waals surface area contributed by atoms with E-state index in [0.29, 0.717) is 11.5 Å². The van der Waals surface area contributed by atoms with E-state index < -0.39 is 0 Å². The molecular formula is C20H20N4O3S3. The van der Waals surface area contributed by atoms with Crippen LogP contribution in [0, 0.1) is 0 Å². The maximum Gasteiger partial charge on any atom is 0.250 e. The fraction of sp³-hybridized carbons (Fsp3) is 0.200. The van der Waals surface area contributed by atoms with Crippen LogP contribution in [0.1, 0.15) is 18.1 Å². The highest BCUT2D eigenvalue weighted by Crippen LogP contribution is 2.30. The van der Waals surface area contributed by atoms with E-state index in [-0.39, 0.29) is 17.4 Å². The average molecular weight is 461 g/mol. The Labute approximate surface area is 187 Å². The molecule has 2 aromatic carbocycles. The highest BCUT2D eigenvalue weighted by Gasteiger charge is 2.10. The summed E-state index contributed by atoms with van der Waals surface area (Å²) in [6.07, 6.45) is 0. The number of hydrogen-bond acceptors (Lipinski definition) is 9. The second kappa shape index (κ2) is 11.0. The van der Waals surface area contributed by atoms with Gasteiger partial charge in [-0.1, -0.05) is 65.2 Å². The van der Waals surface area contributed by atoms with Crippen LogP contribution in [0.3, 0.4) is 0 Å². The molecule has 0 radical (unpaired) electrons. The topological polar surface area (TPSA) is 96.7 Å². The molecule has 0 aliphatic carbocycles. The van der Waals surface area contributed by atoms with Crippen LogP contribution in [0.15, 0.2) is 62.3 Å². The molecule has 10 heteroatoms. The number of nitrogens with one attached hydrogen (secondary N) is 1. The van der Waals surface area contributed by atoms with Crippen LogP contribution >= 0.6 is 34.9 Å². The monoisotopic (exact) mass is 460 g/mol. The number of phenolic OH excluding ortho intramolecular Hbond substituents is 1. The van der Waals surface area contributed by atoms with E-state index in [9.17, 15) is 9.90 Å². The van der Waals surface area contributed by atoms with E-state index in [1.165, 1.54) is 41.8 Å². The Morgan fingerprint density at radius 2 is 1.90 bits per heavy atom. The second-order valence-electron chi connectivity index (χ2n) is 6.02. The fourth-order valence-corrected chi connectivity index (χ4v) is 5.07. The maximum atomic E-state index is 12.1. The number of carbonyl (C=O) groups is 1. The number of phenols is 1. The van der Waals surface area contributed by atoms with E-state index in [4.69, 9.17) is 4.74 Å². The van der Waals surface area contributed by atoms with Gasteiger partial charge in [0.2, 0.25) is 0 Å². The minimum absolute atomic E-state index is 0.0489. The number of amides is 1. The van der Waals surface area contributed by atoms with Crippen molar-refractivity contribution >= 4 is 46.5 Å². The van der Waals surface area contributed by atoms with Crippen molar-refractivity contribution < 1.29 is 14.6 Å². The molecule has 0 fully saturated rings. The van der Waals surface area contributed by atoms with E-state index in [1.807, 2.05) is 18.2 Å². The highest BCUT2D eigenvalue weighted by molar-refractivity contribution is 8.03. The number of rotatable bonds is 9. The second-order valence-corrected chi connectivity index (χ2v) is 9.44. The van der Waals surface area contributed by atoms with Gasteiger partial charge in [-0.15, -0.1) is 10.2 Å². The van der Waals surface area contributed by atoms with Crippen molar-refractivity contribution in [2.24, 2.45) is 5.10 Å². The van der Waals surface area contributed by atoms with Gasteiger partial charge in [0, 0.05) is 11.3 Å². The summed E-state index contributed by atoms with van der Waals surface area (Å²) in [5, 5.41) is 22.1. The number of hydrazone groups is 1. The molecule has 7 nitrogen and oxygen atoms in total. The average Bonchev–Trinajstić information content (AvgIpc) is 3.23. The molecular weight excluding hydrogens is 440 g/mol. The third-order valence-electron chi connectivity index (χ3n) is 3.87. The zero-order chi connectivity index (χ0) is 21.3. The van der Waals surface area contributed by atoms with Crippen molar-refractivity contribution in [1.29, 1.82) is 0 Å². The first-order valence-corrected chi connectivity index (χ1v) is 11.7. The Balaban J connectivity index is 1.46. The molecule has 0 spiro atoms. The van der Waals surface area contributed by atoms with Crippen molar-refractivity contribution in [2.45, 2.75) is 21.4 Å². The molecule has 1 amide bonds. The lowest BCUT2D eigenvalue weighted by Gasteiger charge is -2.06. The van der Waals surface area contributed by atoms with E-state index in [2.05, 4.69) is 32.9 Å². The number of aromatic hydroxyl groups is 1. The Morgan fingerprint density at radius 1 is 1.17 bits per heavy atom.